The Morgan fingerprint density at radius 3 is 2.93 bits per heavy atom. The summed E-state index contributed by atoms with van der Waals surface area (Å²) in [5.41, 5.74) is 0. The third kappa shape index (κ3) is 3.87. The van der Waals surface area contributed by atoms with Crippen LogP contribution in [0.3, 0.4) is 0 Å². The van der Waals surface area contributed by atoms with Crippen molar-refractivity contribution in [3.8, 4) is 0 Å². The Morgan fingerprint density at radius 2 is 2.40 bits per heavy atom. The zero-order valence-electron chi connectivity index (χ0n) is 9.30. The second kappa shape index (κ2) is 5.70. The van der Waals surface area contributed by atoms with Crippen LogP contribution in [-0.4, -0.2) is 37.0 Å². The van der Waals surface area contributed by atoms with E-state index in [-0.39, 0.29) is 23.9 Å². The van der Waals surface area contributed by atoms with Gasteiger partial charge < -0.3 is 16.0 Å². The standard InChI is InChI=1S/C10H19N3O2/c1-3-11-7(2)6-12-10(15)8-4-5-9(14)13-8/h7-8,11H,3-6H2,1-2H3,(H,12,15)(H,13,14)/t7-,8+/m1/s1. The van der Waals surface area contributed by atoms with E-state index in [4.69, 9.17) is 0 Å². The molecule has 2 amide bonds. The molecule has 86 valence electrons. The summed E-state index contributed by atoms with van der Waals surface area (Å²) in [6, 6.07) is -0.0672. The van der Waals surface area contributed by atoms with Gasteiger partial charge in [0.15, 0.2) is 0 Å². The predicted molar refractivity (Wildman–Crippen MR) is 57.3 cm³/mol. The lowest BCUT2D eigenvalue weighted by molar-refractivity contribution is -0.125. The van der Waals surface area contributed by atoms with Crippen molar-refractivity contribution in [2.75, 3.05) is 13.1 Å². The first kappa shape index (κ1) is 12.0. The molecule has 1 fully saturated rings. The maximum absolute atomic E-state index is 11.5. The Hall–Kier alpha value is -1.10. The van der Waals surface area contributed by atoms with E-state index in [1.165, 1.54) is 0 Å². The zero-order chi connectivity index (χ0) is 11.3. The minimum Gasteiger partial charge on any atom is -0.353 e. The Balaban J connectivity index is 2.21. The van der Waals surface area contributed by atoms with Crippen LogP contribution in [0.4, 0.5) is 0 Å². The fourth-order valence-corrected chi connectivity index (χ4v) is 1.61. The van der Waals surface area contributed by atoms with Crippen molar-refractivity contribution in [3.05, 3.63) is 0 Å². The van der Waals surface area contributed by atoms with Crippen LogP contribution in [0.15, 0.2) is 0 Å². The molecule has 15 heavy (non-hydrogen) atoms. The molecule has 5 nitrogen and oxygen atoms in total. The monoisotopic (exact) mass is 213 g/mol. The van der Waals surface area contributed by atoms with Crippen LogP contribution in [0.2, 0.25) is 0 Å². The molecule has 0 aromatic heterocycles. The van der Waals surface area contributed by atoms with Gasteiger partial charge >= 0.3 is 0 Å². The van der Waals surface area contributed by atoms with E-state index >= 15 is 0 Å². The largest absolute Gasteiger partial charge is 0.353 e. The highest BCUT2D eigenvalue weighted by atomic mass is 16.2. The molecule has 0 radical (unpaired) electrons. The first-order valence-corrected chi connectivity index (χ1v) is 5.44. The molecule has 1 aliphatic rings. The molecule has 1 heterocycles. The Labute approximate surface area is 90.0 Å². The number of rotatable bonds is 5. The van der Waals surface area contributed by atoms with Gasteiger partial charge in [0.05, 0.1) is 0 Å². The molecule has 0 aliphatic carbocycles. The number of nitrogens with one attached hydrogen (secondary N) is 3. The van der Waals surface area contributed by atoms with Crippen LogP contribution in [0.5, 0.6) is 0 Å². The van der Waals surface area contributed by atoms with Gasteiger partial charge in [0.1, 0.15) is 6.04 Å². The van der Waals surface area contributed by atoms with Gasteiger partial charge in [-0.25, -0.2) is 0 Å². The molecule has 2 atom stereocenters. The molecule has 1 rings (SSSR count). The molecule has 0 saturated carbocycles. The van der Waals surface area contributed by atoms with Crippen molar-refractivity contribution < 1.29 is 9.59 Å². The molecule has 0 aromatic rings. The van der Waals surface area contributed by atoms with E-state index in [0.29, 0.717) is 19.4 Å². The van der Waals surface area contributed by atoms with Crippen molar-refractivity contribution in [2.24, 2.45) is 0 Å². The summed E-state index contributed by atoms with van der Waals surface area (Å²) in [5.74, 6) is -0.111. The van der Waals surface area contributed by atoms with Gasteiger partial charge in [-0.1, -0.05) is 6.92 Å². The summed E-state index contributed by atoms with van der Waals surface area (Å²) in [5, 5.41) is 8.65. The van der Waals surface area contributed by atoms with Gasteiger partial charge in [-0.3, -0.25) is 9.59 Å². The highest BCUT2D eigenvalue weighted by molar-refractivity contribution is 5.90. The molecular formula is C10H19N3O2. The van der Waals surface area contributed by atoms with Crippen LogP contribution < -0.4 is 16.0 Å². The van der Waals surface area contributed by atoms with Gasteiger partial charge in [-0.2, -0.15) is 0 Å². The summed E-state index contributed by atoms with van der Waals surface area (Å²) in [4.78, 5) is 22.4. The Kier molecular flexibility index (Phi) is 4.55. The van der Waals surface area contributed by atoms with Gasteiger partial charge in [-0.15, -0.1) is 0 Å². The van der Waals surface area contributed by atoms with E-state index in [1.54, 1.807) is 0 Å². The third-order valence-electron chi connectivity index (χ3n) is 2.45. The lowest BCUT2D eigenvalue weighted by Crippen LogP contribution is -2.46. The second-order valence-corrected chi connectivity index (χ2v) is 3.86. The summed E-state index contributed by atoms with van der Waals surface area (Å²) in [6.45, 7) is 5.52. The lowest BCUT2D eigenvalue weighted by atomic mass is 10.2. The first-order chi connectivity index (χ1) is 7.13. The predicted octanol–water partition coefficient (Wildman–Crippen LogP) is -0.621. The quantitative estimate of drug-likeness (QED) is 0.570. The van der Waals surface area contributed by atoms with Crippen LogP contribution in [0.25, 0.3) is 0 Å². The summed E-state index contributed by atoms with van der Waals surface area (Å²) in [6.07, 6.45) is 1.07. The average molecular weight is 213 g/mol. The fourth-order valence-electron chi connectivity index (χ4n) is 1.61. The summed E-state index contributed by atoms with van der Waals surface area (Å²) >= 11 is 0. The van der Waals surface area contributed by atoms with E-state index in [1.807, 2.05) is 13.8 Å². The van der Waals surface area contributed by atoms with Crippen molar-refractivity contribution in [1.29, 1.82) is 0 Å². The van der Waals surface area contributed by atoms with Gasteiger partial charge in [0, 0.05) is 19.0 Å². The van der Waals surface area contributed by atoms with Crippen LogP contribution >= 0.6 is 0 Å². The Morgan fingerprint density at radius 1 is 1.67 bits per heavy atom. The molecule has 1 aliphatic heterocycles. The normalized spacial score (nSPS) is 22.3. The fraction of sp³-hybridized carbons (Fsp3) is 0.800. The Bertz CT molecular complexity index is 243. The number of carbonyl (C=O) groups excluding carboxylic acids is 2. The highest BCUT2D eigenvalue weighted by Gasteiger charge is 2.26. The number of carbonyl (C=O) groups is 2. The third-order valence-corrected chi connectivity index (χ3v) is 2.45. The highest BCUT2D eigenvalue weighted by Crippen LogP contribution is 2.05. The van der Waals surface area contributed by atoms with Crippen molar-refractivity contribution in [1.82, 2.24) is 16.0 Å². The zero-order valence-corrected chi connectivity index (χ0v) is 9.30. The minimum absolute atomic E-state index is 0.0325. The summed E-state index contributed by atoms with van der Waals surface area (Å²) in [7, 11) is 0. The second-order valence-electron chi connectivity index (χ2n) is 3.86. The molecule has 0 bridgehead atoms. The minimum atomic E-state index is -0.327. The SMILES string of the molecule is CCN[C@H](C)CNC(=O)[C@@H]1CCC(=O)N1. The number of hydrogen-bond donors (Lipinski definition) is 3. The molecule has 0 aromatic carbocycles. The maximum atomic E-state index is 11.5. The van der Waals surface area contributed by atoms with Crippen molar-refractivity contribution >= 4 is 11.8 Å². The van der Waals surface area contributed by atoms with E-state index in [2.05, 4.69) is 16.0 Å². The maximum Gasteiger partial charge on any atom is 0.242 e. The molecule has 5 heteroatoms. The molecular weight excluding hydrogens is 194 g/mol. The molecule has 3 N–H and O–H groups in total. The van der Waals surface area contributed by atoms with Crippen LogP contribution in [-0.2, 0) is 9.59 Å². The number of hydrogen-bond acceptors (Lipinski definition) is 3. The smallest absolute Gasteiger partial charge is 0.242 e. The van der Waals surface area contributed by atoms with E-state index in [0.717, 1.165) is 6.54 Å². The molecule has 0 unspecified atom stereocenters. The van der Waals surface area contributed by atoms with Gasteiger partial charge in [0.25, 0.3) is 0 Å². The van der Waals surface area contributed by atoms with Crippen LogP contribution in [0, 0.1) is 0 Å². The number of likely N-dealkylation sites (N-methyl/N-ethyl adjacent to an activating group) is 1. The first-order valence-electron chi connectivity index (χ1n) is 5.44. The van der Waals surface area contributed by atoms with E-state index < -0.39 is 0 Å². The molecule has 1 saturated heterocycles. The van der Waals surface area contributed by atoms with E-state index in [9.17, 15) is 9.59 Å². The van der Waals surface area contributed by atoms with Gasteiger partial charge in [-0.05, 0) is 19.9 Å². The van der Waals surface area contributed by atoms with Gasteiger partial charge in [0.2, 0.25) is 11.8 Å². The number of amides is 2. The topological polar surface area (TPSA) is 70.2 Å². The van der Waals surface area contributed by atoms with Crippen molar-refractivity contribution in [3.63, 3.8) is 0 Å². The lowest BCUT2D eigenvalue weighted by Gasteiger charge is -2.15. The van der Waals surface area contributed by atoms with Crippen LogP contribution in [0.1, 0.15) is 26.7 Å². The molecule has 0 spiro atoms. The summed E-state index contributed by atoms with van der Waals surface area (Å²) < 4.78 is 0. The average Bonchev–Trinajstić information content (AvgIpc) is 2.62. The van der Waals surface area contributed by atoms with Crippen molar-refractivity contribution in [2.45, 2.75) is 38.8 Å².